The molecule has 4 aromatic carbocycles. The minimum absolute atomic E-state index is 0.0637. The molecule has 0 saturated carbocycles. The highest BCUT2D eigenvalue weighted by Crippen LogP contribution is 2.33. The number of hydrogen-bond donors (Lipinski definition) is 1. The van der Waals surface area contributed by atoms with Crippen molar-refractivity contribution >= 4 is 33.9 Å². The van der Waals surface area contributed by atoms with Crippen molar-refractivity contribution in [2.45, 2.75) is 12.5 Å². The van der Waals surface area contributed by atoms with Gasteiger partial charge in [-0.25, -0.2) is 9.59 Å². The summed E-state index contributed by atoms with van der Waals surface area (Å²) >= 11 is 3.34. The van der Waals surface area contributed by atoms with E-state index in [0.29, 0.717) is 10.2 Å². The standard InChI is InChI=1S/C32H29BrN2O6/c1-35(2)32(38)41-29-18-17-23(33)20-26(29)30(36)34-27(31(37)39-3)19-21-13-15-22(16-14-21)25-11-7-8-12-28(25)40-24-9-5-4-6-10-24/h4-18,20,27H,19H2,1-3H3,(H,34,36)/t27-/m0/s1. The van der Waals surface area contributed by atoms with Crippen molar-refractivity contribution in [2.24, 2.45) is 0 Å². The van der Waals surface area contributed by atoms with E-state index in [1.54, 1.807) is 6.07 Å². The van der Waals surface area contributed by atoms with Crippen molar-refractivity contribution in [1.82, 2.24) is 10.2 Å². The number of esters is 1. The second kappa shape index (κ2) is 13.6. The molecule has 0 spiro atoms. The predicted molar refractivity (Wildman–Crippen MR) is 159 cm³/mol. The third-order valence-corrected chi connectivity index (χ3v) is 6.60. The minimum Gasteiger partial charge on any atom is -0.467 e. The van der Waals surface area contributed by atoms with Crippen LogP contribution < -0.4 is 14.8 Å². The van der Waals surface area contributed by atoms with E-state index in [0.717, 1.165) is 22.4 Å². The minimum atomic E-state index is -0.983. The molecule has 0 saturated heterocycles. The van der Waals surface area contributed by atoms with E-state index in [4.69, 9.17) is 14.2 Å². The first kappa shape index (κ1) is 29.4. The topological polar surface area (TPSA) is 94.2 Å². The number of ether oxygens (including phenoxy) is 3. The first-order chi connectivity index (χ1) is 19.7. The molecular formula is C32H29BrN2O6. The molecule has 0 aliphatic rings. The number of methoxy groups -OCH3 is 1. The Kier molecular flexibility index (Phi) is 9.76. The smallest absolute Gasteiger partial charge is 0.414 e. The molecule has 0 aromatic heterocycles. The number of halogens is 1. The second-order valence-corrected chi connectivity index (χ2v) is 10.2. The number of nitrogens with one attached hydrogen (secondary N) is 1. The van der Waals surface area contributed by atoms with Crippen molar-refractivity contribution < 1.29 is 28.6 Å². The van der Waals surface area contributed by atoms with Crippen LogP contribution in [-0.2, 0) is 16.0 Å². The molecule has 8 nitrogen and oxygen atoms in total. The Morgan fingerprint density at radius 2 is 1.54 bits per heavy atom. The molecular weight excluding hydrogens is 588 g/mol. The number of nitrogens with zero attached hydrogens (tertiary/aromatic N) is 1. The monoisotopic (exact) mass is 616 g/mol. The summed E-state index contributed by atoms with van der Waals surface area (Å²) in [5.41, 5.74) is 2.74. The fourth-order valence-corrected chi connectivity index (χ4v) is 4.35. The first-order valence-corrected chi connectivity index (χ1v) is 13.5. The largest absolute Gasteiger partial charge is 0.467 e. The molecule has 210 valence electrons. The highest BCUT2D eigenvalue weighted by atomic mass is 79.9. The maximum Gasteiger partial charge on any atom is 0.414 e. The highest BCUT2D eigenvalue weighted by molar-refractivity contribution is 9.10. The SMILES string of the molecule is COC(=O)[C@H](Cc1ccc(-c2ccccc2Oc2ccccc2)cc1)NC(=O)c1cc(Br)ccc1OC(=O)N(C)C. The molecule has 1 N–H and O–H groups in total. The summed E-state index contributed by atoms with van der Waals surface area (Å²) in [6, 6.07) is 28.6. The van der Waals surface area contributed by atoms with Crippen LogP contribution in [0, 0.1) is 0 Å². The van der Waals surface area contributed by atoms with Crippen molar-refractivity contribution in [2.75, 3.05) is 21.2 Å². The van der Waals surface area contributed by atoms with Crippen molar-refractivity contribution in [3.63, 3.8) is 0 Å². The Morgan fingerprint density at radius 1 is 0.854 bits per heavy atom. The third-order valence-electron chi connectivity index (χ3n) is 6.10. The van der Waals surface area contributed by atoms with Gasteiger partial charge in [0.2, 0.25) is 0 Å². The summed E-state index contributed by atoms with van der Waals surface area (Å²) in [7, 11) is 4.33. The van der Waals surface area contributed by atoms with Crippen molar-refractivity contribution in [3.8, 4) is 28.4 Å². The molecule has 0 heterocycles. The molecule has 0 bridgehead atoms. The second-order valence-electron chi connectivity index (χ2n) is 9.26. The van der Waals surface area contributed by atoms with Gasteiger partial charge in [-0.1, -0.05) is 76.6 Å². The number of carbonyl (C=O) groups excluding carboxylic acids is 3. The van der Waals surface area contributed by atoms with Crippen LogP contribution in [-0.4, -0.2) is 50.1 Å². The number of para-hydroxylation sites is 2. The van der Waals surface area contributed by atoms with Gasteiger partial charge in [0.15, 0.2) is 0 Å². The Balaban J connectivity index is 1.52. The molecule has 0 radical (unpaired) electrons. The first-order valence-electron chi connectivity index (χ1n) is 12.7. The van der Waals surface area contributed by atoms with Gasteiger partial charge >= 0.3 is 12.1 Å². The zero-order valence-corrected chi connectivity index (χ0v) is 24.4. The summed E-state index contributed by atoms with van der Waals surface area (Å²) in [6.45, 7) is 0. The van der Waals surface area contributed by atoms with E-state index in [-0.39, 0.29) is 17.7 Å². The van der Waals surface area contributed by atoms with Gasteiger partial charge < -0.3 is 24.4 Å². The number of carbonyl (C=O) groups is 3. The van der Waals surface area contributed by atoms with E-state index in [1.807, 2.05) is 78.9 Å². The molecule has 0 fully saturated rings. The van der Waals surface area contributed by atoms with Crippen molar-refractivity contribution in [3.05, 3.63) is 113 Å². The van der Waals surface area contributed by atoms with Crippen LogP contribution in [0.25, 0.3) is 11.1 Å². The summed E-state index contributed by atoms with van der Waals surface area (Å²) in [5, 5.41) is 2.73. The Labute approximate surface area is 247 Å². The zero-order valence-electron chi connectivity index (χ0n) is 22.8. The molecule has 9 heteroatoms. The molecule has 0 aliphatic heterocycles. The lowest BCUT2D eigenvalue weighted by atomic mass is 9.99. The normalized spacial score (nSPS) is 11.2. The van der Waals surface area contributed by atoms with Gasteiger partial charge in [0.1, 0.15) is 23.3 Å². The van der Waals surface area contributed by atoms with E-state index in [9.17, 15) is 14.4 Å². The van der Waals surface area contributed by atoms with Gasteiger partial charge in [0, 0.05) is 30.6 Å². The van der Waals surface area contributed by atoms with Crippen LogP contribution in [0.5, 0.6) is 17.2 Å². The molecule has 0 aliphatic carbocycles. The summed E-state index contributed by atoms with van der Waals surface area (Å²) in [6.07, 6.45) is -0.455. The van der Waals surface area contributed by atoms with Crippen LogP contribution in [0.2, 0.25) is 0 Å². The average Bonchev–Trinajstić information content (AvgIpc) is 2.98. The van der Waals surface area contributed by atoms with E-state index in [1.165, 1.54) is 38.2 Å². The number of hydrogen-bond acceptors (Lipinski definition) is 6. The molecule has 1 atom stereocenters. The predicted octanol–water partition coefficient (Wildman–Crippen LogP) is 6.48. The van der Waals surface area contributed by atoms with Gasteiger partial charge in [-0.3, -0.25) is 4.79 Å². The van der Waals surface area contributed by atoms with Gasteiger partial charge in [-0.05, 0) is 47.5 Å². The Morgan fingerprint density at radius 3 is 2.22 bits per heavy atom. The zero-order chi connectivity index (χ0) is 29.4. The molecule has 4 rings (SSSR count). The molecule has 2 amide bonds. The van der Waals surface area contributed by atoms with Gasteiger partial charge in [-0.15, -0.1) is 0 Å². The highest BCUT2D eigenvalue weighted by Gasteiger charge is 2.25. The lowest BCUT2D eigenvalue weighted by Gasteiger charge is -2.19. The third kappa shape index (κ3) is 7.73. The van der Waals surface area contributed by atoms with Crippen LogP contribution in [0.3, 0.4) is 0 Å². The van der Waals surface area contributed by atoms with E-state index in [2.05, 4.69) is 21.2 Å². The summed E-state index contributed by atoms with van der Waals surface area (Å²) < 4.78 is 17.0. The number of benzene rings is 4. The van der Waals surface area contributed by atoms with Gasteiger partial charge in [0.25, 0.3) is 5.91 Å². The fourth-order valence-electron chi connectivity index (χ4n) is 3.99. The van der Waals surface area contributed by atoms with E-state index >= 15 is 0 Å². The van der Waals surface area contributed by atoms with Crippen molar-refractivity contribution in [1.29, 1.82) is 0 Å². The van der Waals surface area contributed by atoms with Gasteiger partial charge in [-0.2, -0.15) is 0 Å². The molecule has 41 heavy (non-hydrogen) atoms. The van der Waals surface area contributed by atoms with Crippen LogP contribution >= 0.6 is 15.9 Å². The van der Waals surface area contributed by atoms with Crippen LogP contribution in [0.4, 0.5) is 4.79 Å². The Hall–Kier alpha value is -4.63. The van der Waals surface area contributed by atoms with Crippen LogP contribution in [0.15, 0.2) is 102 Å². The van der Waals surface area contributed by atoms with Gasteiger partial charge in [0.05, 0.1) is 12.7 Å². The molecule has 4 aromatic rings. The fraction of sp³-hybridized carbons (Fsp3) is 0.156. The Bertz CT molecular complexity index is 1520. The number of amides is 2. The number of rotatable bonds is 9. The average molecular weight is 617 g/mol. The van der Waals surface area contributed by atoms with Crippen LogP contribution in [0.1, 0.15) is 15.9 Å². The lowest BCUT2D eigenvalue weighted by molar-refractivity contribution is -0.142. The quantitative estimate of drug-likeness (QED) is 0.216. The van der Waals surface area contributed by atoms with E-state index < -0.39 is 24.0 Å². The summed E-state index contributed by atoms with van der Waals surface area (Å²) in [5.74, 6) is 0.316. The maximum absolute atomic E-state index is 13.3. The maximum atomic E-state index is 13.3. The summed E-state index contributed by atoms with van der Waals surface area (Å²) in [4.78, 5) is 39.3. The molecule has 0 unspecified atom stereocenters. The lowest BCUT2D eigenvalue weighted by Crippen LogP contribution is -2.43.